The summed E-state index contributed by atoms with van der Waals surface area (Å²) in [7, 11) is 6.57. The topological polar surface area (TPSA) is 64.1 Å². The number of thiophene rings is 1. The molecule has 6 nitrogen and oxygen atoms in total. The van der Waals surface area contributed by atoms with Crippen LogP contribution in [0.3, 0.4) is 0 Å². The lowest BCUT2D eigenvalue weighted by Crippen LogP contribution is -2.36. The molecule has 0 fully saturated rings. The Balaban J connectivity index is 2.01. The average Bonchev–Trinajstić information content (AvgIpc) is 3.06. The van der Waals surface area contributed by atoms with Gasteiger partial charge in [0, 0.05) is 23.3 Å². The minimum Gasteiger partial charge on any atom is -0.493 e. The van der Waals surface area contributed by atoms with Gasteiger partial charge in [0.15, 0.2) is 17.5 Å². The molecule has 0 atom stereocenters. The van der Waals surface area contributed by atoms with Gasteiger partial charge < -0.3 is 24.8 Å². The number of methoxy groups -OCH3 is 3. The van der Waals surface area contributed by atoms with Crippen LogP contribution in [0.25, 0.3) is 0 Å². The summed E-state index contributed by atoms with van der Waals surface area (Å²) in [6.45, 7) is 3.43. The van der Waals surface area contributed by atoms with Crippen molar-refractivity contribution in [3.05, 3.63) is 39.6 Å². The molecule has 0 amide bonds. The molecule has 2 rings (SSSR count). The van der Waals surface area contributed by atoms with Crippen LogP contribution in [0, 0.1) is 6.92 Å². The Kier molecular flexibility index (Phi) is 6.94. The zero-order chi connectivity index (χ0) is 18.2. The molecule has 0 unspecified atom stereocenters. The van der Waals surface area contributed by atoms with E-state index in [1.807, 2.05) is 12.1 Å². The molecule has 25 heavy (non-hydrogen) atoms. The van der Waals surface area contributed by atoms with E-state index in [4.69, 9.17) is 14.2 Å². The molecule has 1 heterocycles. The Labute approximate surface area is 152 Å². The lowest BCUT2D eigenvalue weighted by atomic mass is 10.2. The first-order chi connectivity index (χ1) is 12.1. The molecule has 0 saturated carbocycles. The van der Waals surface area contributed by atoms with E-state index < -0.39 is 0 Å². The number of aliphatic imine (C=N–C) groups is 1. The largest absolute Gasteiger partial charge is 0.493 e. The number of hydrogen-bond acceptors (Lipinski definition) is 5. The summed E-state index contributed by atoms with van der Waals surface area (Å²) in [5, 5.41) is 6.61. The van der Waals surface area contributed by atoms with Crippen LogP contribution >= 0.6 is 11.3 Å². The van der Waals surface area contributed by atoms with Crippen molar-refractivity contribution in [2.75, 3.05) is 28.4 Å². The van der Waals surface area contributed by atoms with Gasteiger partial charge in [-0.05, 0) is 36.8 Å². The number of aryl methyl sites for hydroxylation is 1. The summed E-state index contributed by atoms with van der Waals surface area (Å²) >= 11 is 1.78. The molecule has 0 bridgehead atoms. The van der Waals surface area contributed by atoms with Crippen LogP contribution in [0.15, 0.2) is 29.3 Å². The van der Waals surface area contributed by atoms with Gasteiger partial charge in [-0.1, -0.05) is 0 Å². The fourth-order valence-corrected chi connectivity index (χ4v) is 3.22. The summed E-state index contributed by atoms with van der Waals surface area (Å²) in [4.78, 5) is 6.83. The monoisotopic (exact) mass is 363 g/mol. The predicted octanol–water partition coefficient (Wildman–Crippen LogP) is 2.95. The summed E-state index contributed by atoms with van der Waals surface area (Å²) in [5.74, 6) is 2.59. The van der Waals surface area contributed by atoms with E-state index >= 15 is 0 Å². The normalized spacial score (nSPS) is 11.2. The molecule has 0 saturated heterocycles. The van der Waals surface area contributed by atoms with Crippen molar-refractivity contribution < 1.29 is 14.2 Å². The van der Waals surface area contributed by atoms with Crippen LogP contribution in [-0.4, -0.2) is 34.3 Å². The molecule has 7 heteroatoms. The van der Waals surface area contributed by atoms with Crippen molar-refractivity contribution in [2.45, 2.75) is 20.0 Å². The van der Waals surface area contributed by atoms with Gasteiger partial charge in [-0.2, -0.15) is 0 Å². The van der Waals surface area contributed by atoms with Crippen LogP contribution in [0.2, 0.25) is 0 Å². The molecule has 0 aliphatic heterocycles. The number of ether oxygens (including phenoxy) is 3. The first-order valence-electron chi connectivity index (χ1n) is 7.90. The second kappa shape index (κ2) is 9.17. The molecule has 0 radical (unpaired) electrons. The molecule has 0 aliphatic carbocycles. The fraction of sp³-hybridized carbons (Fsp3) is 0.389. The standard InChI is InChI=1S/C18H25N3O3S/c1-12-6-7-14(25-12)11-21-18(19-2)20-10-13-8-15(22-3)17(24-5)16(9-13)23-4/h6-9H,10-11H2,1-5H3,(H2,19,20,21). The van der Waals surface area contributed by atoms with Crippen molar-refractivity contribution in [1.29, 1.82) is 0 Å². The third-order valence-corrected chi connectivity index (χ3v) is 4.63. The molecule has 1 aromatic carbocycles. The van der Waals surface area contributed by atoms with Crippen LogP contribution < -0.4 is 24.8 Å². The maximum absolute atomic E-state index is 5.38. The van der Waals surface area contributed by atoms with Gasteiger partial charge in [-0.25, -0.2) is 0 Å². The van der Waals surface area contributed by atoms with E-state index in [-0.39, 0.29) is 0 Å². The molecule has 1 aromatic heterocycles. The molecule has 2 aromatic rings. The smallest absolute Gasteiger partial charge is 0.203 e. The first-order valence-corrected chi connectivity index (χ1v) is 8.71. The van der Waals surface area contributed by atoms with E-state index in [0.29, 0.717) is 23.8 Å². The number of hydrogen-bond donors (Lipinski definition) is 2. The Hall–Kier alpha value is -2.41. The third-order valence-electron chi connectivity index (χ3n) is 3.63. The van der Waals surface area contributed by atoms with Crippen LogP contribution in [-0.2, 0) is 13.1 Å². The van der Waals surface area contributed by atoms with Gasteiger partial charge in [0.05, 0.1) is 27.9 Å². The number of nitrogens with zero attached hydrogens (tertiary/aromatic N) is 1. The van der Waals surface area contributed by atoms with Crippen LogP contribution in [0.1, 0.15) is 15.3 Å². The van der Waals surface area contributed by atoms with Gasteiger partial charge in [-0.3, -0.25) is 4.99 Å². The highest BCUT2D eigenvalue weighted by molar-refractivity contribution is 7.11. The fourth-order valence-electron chi connectivity index (χ4n) is 2.39. The Morgan fingerprint density at radius 2 is 1.64 bits per heavy atom. The van der Waals surface area contributed by atoms with Crippen molar-refractivity contribution in [1.82, 2.24) is 10.6 Å². The summed E-state index contributed by atoms with van der Waals surface area (Å²) in [6, 6.07) is 8.09. The third kappa shape index (κ3) is 5.03. The second-order valence-electron chi connectivity index (χ2n) is 5.33. The minimum atomic E-state index is 0.583. The molecule has 0 spiro atoms. The van der Waals surface area contributed by atoms with Gasteiger partial charge >= 0.3 is 0 Å². The van der Waals surface area contributed by atoms with E-state index in [2.05, 4.69) is 34.7 Å². The zero-order valence-corrected chi connectivity index (χ0v) is 16.1. The molecule has 0 aliphatic rings. The van der Waals surface area contributed by atoms with E-state index in [9.17, 15) is 0 Å². The van der Waals surface area contributed by atoms with Crippen molar-refractivity contribution >= 4 is 17.3 Å². The number of benzene rings is 1. The van der Waals surface area contributed by atoms with Gasteiger partial charge in [0.1, 0.15) is 0 Å². The molecule has 2 N–H and O–H groups in total. The van der Waals surface area contributed by atoms with E-state index in [0.717, 1.165) is 18.1 Å². The average molecular weight is 363 g/mol. The highest BCUT2D eigenvalue weighted by Gasteiger charge is 2.13. The minimum absolute atomic E-state index is 0.583. The number of rotatable bonds is 7. The Morgan fingerprint density at radius 1 is 1.00 bits per heavy atom. The molecular weight excluding hydrogens is 338 g/mol. The predicted molar refractivity (Wildman–Crippen MR) is 102 cm³/mol. The van der Waals surface area contributed by atoms with Crippen molar-refractivity contribution in [3.63, 3.8) is 0 Å². The number of guanidine groups is 1. The summed E-state index contributed by atoms with van der Waals surface area (Å²) in [6.07, 6.45) is 0. The highest BCUT2D eigenvalue weighted by atomic mass is 32.1. The van der Waals surface area contributed by atoms with Gasteiger partial charge in [0.25, 0.3) is 0 Å². The van der Waals surface area contributed by atoms with Crippen LogP contribution in [0.4, 0.5) is 0 Å². The maximum Gasteiger partial charge on any atom is 0.203 e. The lowest BCUT2D eigenvalue weighted by molar-refractivity contribution is 0.323. The Bertz CT molecular complexity index is 703. The number of nitrogens with one attached hydrogen (secondary N) is 2. The van der Waals surface area contributed by atoms with Gasteiger partial charge in [0.2, 0.25) is 5.75 Å². The quantitative estimate of drug-likeness (QED) is 0.585. The highest BCUT2D eigenvalue weighted by Crippen LogP contribution is 2.38. The van der Waals surface area contributed by atoms with E-state index in [1.54, 1.807) is 39.7 Å². The lowest BCUT2D eigenvalue weighted by Gasteiger charge is -2.15. The Morgan fingerprint density at radius 3 is 2.12 bits per heavy atom. The molecular formula is C18H25N3O3S. The van der Waals surface area contributed by atoms with E-state index in [1.165, 1.54) is 9.75 Å². The SMILES string of the molecule is CN=C(NCc1cc(OC)c(OC)c(OC)c1)NCc1ccc(C)s1. The summed E-state index contributed by atoms with van der Waals surface area (Å²) < 4.78 is 16.1. The maximum atomic E-state index is 5.38. The van der Waals surface area contributed by atoms with Crippen molar-refractivity contribution in [3.8, 4) is 17.2 Å². The first kappa shape index (κ1) is 18.9. The van der Waals surface area contributed by atoms with Gasteiger partial charge in [-0.15, -0.1) is 11.3 Å². The second-order valence-corrected chi connectivity index (χ2v) is 6.70. The molecule has 136 valence electrons. The van der Waals surface area contributed by atoms with Crippen molar-refractivity contribution in [2.24, 2.45) is 4.99 Å². The summed E-state index contributed by atoms with van der Waals surface area (Å²) in [5.41, 5.74) is 1.00. The van der Waals surface area contributed by atoms with Crippen LogP contribution in [0.5, 0.6) is 17.2 Å². The zero-order valence-electron chi connectivity index (χ0n) is 15.3.